The summed E-state index contributed by atoms with van der Waals surface area (Å²) >= 11 is 0. The van der Waals surface area contributed by atoms with Gasteiger partial charge in [0.1, 0.15) is 6.61 Å². The topological polar surface area (TPSA) is 38.3 Å². The summed E-state index contributed by atoms with van der Waals surface area (Å²) in [5.41, 5.74) is 0.458. The zero-order valence-corrected chi connectivity index (χ0v) is 16.1. The van der Waals surface area contributed by atoms with Crippen molar-refractivity contribution >= 4 is 5.97 Å². The van der Waals surface area contributed by atoms with Gasteiger partial charge in [0.05, 0.1) is 0 Å². The van der Waals surface area contributed by atoms with Crippen molar-refractivity contribution < 1.29 is 13.9 Å². The minimum atomic E-state index is -1.82. The van der Waals surface area contributed by atoms with E-state index in [9.17, 15) is 4.79 Å². The Bertz CT molecular complexity index is 772. The number of carbonyl (C=O) groups excluding carboxylic acids is 1. The normalized spacial score (nSPS) is 29.2. The maximum Gasteiger partial charge on any atom is 0.344 e. The van der Waals surface area contributed by atoms with E-state index in [4.69, 9.17) is 4.74 Å². The number of carbonyl (C=O) groups is 1. The fourth-order valence-corrected chi connectivity index (χ4v) is 4.20. The Morgan fingerprint density at radius 3 is 2.36 bits per heavy atom. The first-order valence-electron chi connectivity index (χ1n) is 10.3. The molecule has 2 aromatic carbocycles. The van der Waals surface area contributed by atoms with Gasteiger partial charge in [0.2, 0.25) is 5.67 Å². The quantitative estimate of drug-likeness (QED) is 0.702. The Morgan fingerprint density at radius 1 is 1.04 bits per heavy atom. The molecule has 4 rings (SSSR count). The number of halogens is 1. The summed E-state index contributed by atoms with van der Waals surface area (Å²) in [5, 5.41) is 3.64. The Morgan fingerprint density at radius 2 is 1.68 bits per heavy atom. The second-order valence-electron chi connectivity index (χ2n) is 8.24. The molecule has 0 aromatic heterocycles. The van der Waals surface area contributed by atoms with Crippen LogP contribution in [0.1, 0.15) is 49.1 Å². The number of hydrogen-bond acceptors (Lipinski definition) is 3. The highest BCUT2D eigenvalue weighted by Crippen LogP contribution is 2.41. The van der Waals surface area contributed by atoms with Crippen LogP contribution < -0.4 is 5.32 Å². The number of nitrogens with one attached hydrogen (secondary N) is 1. The summed E-state index contributed by atoms with van der Waals surface area (Å²) in [6.07, 6.45) is 3.16. The van der Waals surface area contributed by atoms with Crippen LogP contribution in [-0.2, 0) is 16.1 Å². The molecule has 2 aliphatic carbocycles. The van der Waals surface area contributed by atoms with Gasteiger partial charge >= 0.3 is 5.97 Å². The molecule has 4 heteroatoms. The second kappa shape index (κ2) is 8.44. The van der Waals surface area contributed by atoms with Gasteiger partial charge in [-0.25, -0.2) is 9.18 Å². The monoisotopic (exact) mass is 381 g/mol. The van der Waals surface area contributed by atoms with Crippen LogP contribution in [0.5, 0.6) is 0 Å². The highest BCUT2D eigenvalue weighted by molar-refractivity contribution is 5.79. The molecule has 2 fully saturated rings. The third kappa shape index (κ3) is 4.61. The summed E-state index contributed by atoms with van der Waals surface area (Å²) in [5.74, 6) is 0.343. The molecule has 148 valence electrons. The Labute approximate surface area is 166 Å². The summed E-state index contributed by atoms with van der Waals surface area (Å²) in [7, 11) is 0. The van der Waals surface area contributed by atoms with Crippen LogP contribution in [0.15, 0.2) is 60.7 Å². The van der Waals surface area contributed by atoms with E-state index in [1.54, 1.807) is 0 Å². The lowest BCUT2D eigenvalue weighted by atomic mass is 9.80. The highest BCUT2D eigenvalue weighted by atomic mass is 19.1. The van der Waals surface area contributed by atoms with Gasteiger partial charge in [-0.3, -0.25) is 0 Å². The zero-order valence-electron chi connectivity index (χ0n) is 16.1. The Balaban J connectivity index is 1.18. The summed E-state index contributed by atoms with van der Waals surface area (Å²) in [6, 6.07) is 20.6. The van der Waals surface area contributed by atoms with Crippen molar-refractivity contribution in [3.05, 3.63) is 71.8 Å². The highest BCUT2D eigenvalue weighted by Gasteiger charge is 2.44. The average Bonchev–Trinajstić information content (AvgIpc) is 3.53. The maximum absolute atomic E-state index is 15.0. The van der Waals surface area contributed by atoms with Crippen LogP contribution in [0.3, 0.4) is 0 Å². The smallest absolute Gasteiger partial charge is 0.344 e. The molecule has 0 unspecified atom stereocenters. The molecule has 1 N–H and O–H groups in total. The first-order chi connectivity index (χ1) is 13.6. The molecule has 2 aliphatic rings. The predicted octanol–water partition coefficient (Wildman–Crippen LogP) is 4.77. The molecule has 0 radical (unpaired) electrons. The number of hydrogen-bond donors (Lipinski definition) is 1. The van der Waals surface area contributed by atoms with E-state index in [-0.39, 0.29) is 19.4 Å². The van der Waals surface area contributed by atoms with E-state index in [2.05, 4.69) is 29.6 Å². The van der Waals surface area contributed by atoms with Gasteiger partial charge in [-0.15, -0.1) is 0 Å². The van der Waals surface area contributed by atoms with Crippen molar-refractivity contribution in [2.75, 3.05) is 6.54 Å². The van der Waals surface area contributed by atoms with Crippen molar-refractivity contribution in [1.29, 1.82) is 0 Å². The number of alkyl halides is 1. The second-order valence-corrected chi connectivity index (χ2v) is 8.24. The summed E-state index contributed by atoms with van der Waals surface area (Å²) in [4.78, 5) is 12.3. The van der Waals surface area contributed by atoms with Gasteiger partial charge in [-0.05, 0) is 55.7 Å². The van der Waals surface area contributed by atoms with Crippen molar-refractivity contribution in [3.8, 4) is 0 Å². The van der Waals surface area contributed by atoms with Crippen molar-refractivity contribution in [2.24, 2.45) is 5.92 Å². The maximum atomic E-state index is 15.0. The van der Waals surface area contributed by atoms with Crippen LogP contribution in [0, 0.1) is 5.92 Å². The Kier molecular flexibility index (Phi) is 5.77. The van der Waals surface area contributed by atoms with Crippen molar-refractivity contribution in [2.45, 2.75) is 56.3 Å². The molecule has 2 saturated carbocycles. The molecule has 3 nitrogen and oxygen atoms in total. The van der Waals surface area contributed by atoms with E-state index in [1.165, 1.54) is 12.0 Å². The molecule has 0 heterocycles. The molecular formula is C24H28FNO2. The van der Waals surface area contributed by atoms with E-state index in [0.717, 1.165) is 24.9 Å². The fraction of sp³-hybridized carbons (Fsp3) is 0.458. The molecule has 2 aromatic rings. The van der Waals surface area contributed by atoms with Crippen molar-refractivity contribution in [3.63, 3.8) is 0 Å². The van der Waals surface area contributed by atoms with Gasteiger partial charge in [-0.2, -0.15) is 0 Å². The number of esters is 1. The lowest BCUT2D eigenvalue weighted by Crippen LogP contribution is -2.41. The molecule has 28 heavy (non-hydrogen) atoms. The number of benzene rings is 2. The van der Waals surface area contributed by atoms with Gasteiger partial charge < -0.3 is 10.1 Å². The van der Waals surface area contributed by atoms with E-state index in [0.29, 0.717) is 17.9 Å². The first kappa shape index (κ1) is 19.1. The van der Waals surface area contributed by atoms with E-state index < -0.39 is 11.6 Å². The number of rotatable bonds is 7. The molecule has 2 atom stereocenters. The minimum Gasteiger partial charge on any atom is -0.458 e. The fourth-order valence-electron chi connectivity index (χ4n) is 4.20. The minimum absolute atomic E-state index is 0.138. The summed E-state index contributed by atoms with van der Waals surface area (Å²) in [6.45, 7) is 1.04. The third-order valence-electron chi connectivity index (χ3n) is 6.16. The van der Waals surface area contributed by atoms with Crippen LogP contribution >= 0.6 is 0 Å². The van der Waals surface area contributed by atoms with Gasteiger partial charge in [0, 0.05) is 12.0 Å². The van der Waals surface area contributed by atoms with Crippen LogP contribution in [0.2, 0.25) is 0 Å². The summed E-state index contributed by atoms with van der Waals surface area (Å²) < 4.78 is 20.3. The van der Waals surface area contributed by atoms with E-state index >= 15 is 4.39 Å². The molecular weight excluding hydrogens is 353 g/mol. The standard InChI is InChI=1S/C24H28FNO2/c25-24(23(27)28-17-19-7-3-1-4-8-19)13-11-18(12-14-24)16-26-22-15-21(22)20-9-5-2-6-10-20/h1-10,18,21-22,26H,11-17H2/t18?,21-,22+,24?/m0/s1. The lowest BCUT2D eigenvalue weighted by Gasteiger charge is -2.32. The zero-order chi connectivity index (χ0) is 19.4. The van der Waals surface area contributed by atoms with Crippen LogP contribution in [-0.4, -0.2) is 24.2 Å². The molecule has 0 saturated heterocycles. The lowest BCUT2D eigenvalue weighted by molar-refractivity contribution is -0.162. The van der Waals surface area contributed by atoms with Gasteiger partial charge in [0.15, 0.2) is 0 Å². The Hall–Kier alpha value is -2.20. The van der Waals surface area contributed by atoms with E-state index in [1.807, 2.05) is 36.4 Å². The molecule has 0 bridgehead atoms. The average molecular weight is 381 g/mol. The molecule has 0 amide bonds. The third-order valence-corrected chi connectivity index (χ3v) is 6.16. The predicted molar refractivity (Wildman–Crippen MR) is 108 cm³/mol. The van der Waals surface area contributed by atoms with Crippen LogP contribution in [0.4, 0.5) is 4.39 Å². The largest absolute Gasteiger partial charge is 0.458 e. The van der Waals surface area contributed by atoms with Gasteiger partial charge in [-0.1, -0.05) is 60.7 Å². The van der Waals surface area contributed by atoms with Crippen molar-refractivity contribution in [1.82, 2.24) is 5.32 Å². The SMILES string of the molecule is O=C(OCc1ccccc1)C1(F)CCC(CN[C@@H]2C[C@H]2c2ccccc2)CC1. The molecule has 0 spiro atoms. The molecule has 0 aliphatic heterocycles. The first-order valence-corrected chi connectivity index (χ1v) is 10.3. The van der Waals surface area contributed by atoms with Crippen LogP contribution in [0.25, 0.3) is 0 Å². The van der Waals surface area contributed by atoms with Gasteiger partial charge in [0.25, 0.3) is 0 Å². The number of ether oxygens (including phenoxy) is 1.